The van der Waals surface area contributed by atoms with Gasteiger partial charge in [0.25, 0.3) is 0 Å². The number of aliphatic imine (C=N–C) groups is 1. The van der Waals surface area contributed by atoms with Gasteiger partial charge in [0.2, 0.25) is 0 Å². The molecule has 1 fully saturated rings. The van der Waals surface area contributed by atoms with E-state index < -0.39 is 0 Å². The van der Waals surface area contributed by atoms with Gasteiger partial charge in [0.1, 0.15) is 5.82 Å². The Morgan fingerprint density at radius 3 is 2.55 bits per heavy atom. The standard InChI is InChI=1S/C16H24FN3/c1-18-16(20-15-5-3-2-4-6-15)19-12-11-13-7-9-14(17)10-8-13/h7-10,15H,2-6,11-12H2,1H3,(H2,18,19,20). The predicted molar refractivity (Wildman–Crippen MR) is 81.5 cm³/mol. The summed E-state index contributed by atoms with van der Waals surface area (Å²) < 4.78 is 12.8. The molecule has 0 atom stereocenters. The van der Waals surface area contributed by atoms with Crippen molar-refractivity contribution in [2.24, 2.45) is 4.99 Å². The molecule has 110 valence electrons. The number of rotatable bonds is 4. The molecule has 0 saturated heterocycles. The monoisotopic (exact) mass is 277 g/mol. The number of benzene rings is 1. The van der Waals surface area contributed by atoms with E-state index in [9.17, 15) is 4.39 Å². The third-order valence-corrected chi connectivity index (χ3v) is 3.79. The highest BCUT2D eigenvalue weighted by molar-refractivity contribution is 5.79. The number of hydrogen-bond acceptors (Lipinski definition) is 1. The largest absolute Gasteiger partial charge is 0.356 e. The van der Waals surface area contributed by atoms with Gasteiger partial charge in [-0.15, -0.1) is 0 Å². The Labute approximate surface area is 120 Å². The summed E-state index contributed by atoms with van der Waals surface area (Å²) in [7, 11) is 1.80. The zero-order valence-corrected chi connectivity index (χ0v) is 12.2. The van der Waals surface area contributed by atoms with Crippen LogP contribution in [0.2, 0.25) is 0 Å². The maximum atomic E-state index is 12.8. The highest BCUT2D eigenvalue weighted by Gasteiger charge is 2.14. The molecule has 1 aliphatic rings. The topological polar surface area (TPSA) is 36.4 Å². The second kappa shape index (κ2) is 7.88. The van der Waals surface area contributed by atoms with Crippen LogP contribution in [0.15, 0.2) is 29.3 Å². The van der Waals surface area contributed by atoms with E-state index in [0.717, 1.165) is 24.5 Å². The van der Waals surface area contributed by atoms with Crippen molar-refractivity contribution in [2.75, 3.05) is 13.6 Å². The molecule has 4 heteroatoms. The summed E-state index contributed by atoms with van der Waals surface area (Å²) in [5.41, 5.74) is 1.13. The van der Waals surface area contributed by atoms with Crippen LogP contribution >= 0.6 is 0 Å². The summed E-state index contributed by atoms with van der Waals surface area (Å²) in [6, 6.07) is 7.22. The summed E-state index contributed by atoms with van der Waals surface area (Å²) >= 11 is 0. The Morgan fingerprint density at radius 1 is 1.20 bits per heavy atom. The van der Waals surface area contributed by atoms with Crippen LogP contribution in [0.25, 0.3) is 0 Å². The molecule has 1 aromatic carbocycles. The van der Waals surface area contributed by atoms with Gasteiger partial charge in [-0.05, 0) is 37.0 Å². The van der Waals surface area contributed by atoms with Crippen LogP contribution in [0.1, 0.15) is 37.7 Å². The molecule has 1 saturated carbocycles. The first kappa shape index (κ1) is 14.8. The van der Waals surface area contributed by atoms with E-state index in [2.05, 4.69) is 15.6 Å². The summed E-state index contributed by atoms with van der Waals surface area (Å²) in [4.78, 5) is 4.26. The highest BCUT2D eigenvalue weighted by Crippen LogP contribution is 2.17. The summed E-state index contributed by atoms with van der Waals surface area (Å²) in [6.07, 6.45) is 7.31. The highest BCUT2D eigenvalue weighted by atomic mass is 19.1. The maximum Gasteiger partial charge on any atom is 0.191 e. The summed E-state index contributed by atoms with van der Waals surface area (Å²) in [6.45, 7) is 0.804. The fourth-order valence-corrected chi connectivity index (χ4v) is 2.61. The third-order valence-electron chi connectivity index (χ3n) is 3.79. The van der Waals surface area contributed by atoms with Gasteiger partial charge in [0.05, 0.1) is 0 Å². The lowest BCUT2D eigenvalue weighted by Gasteiger charge is -2.24. The van der Waals surface area contributed by atoms with Crippen molar-refractivity contribution in [2.45, 2.75) is 44.6 Å². The van der Waals surface area contributed by atoms with Crippen LogP contribution in [0, 0.1) is 5.82 Å². The van der Waals surface area contributed by atoms with Crippen molar-refractivity contribution in [3.63, 3.8) is 0 Å². The first-order valence-electron chi connectivity index (χ1n) is 7.49. The summed E-state index contributed by atoms with van der Waals surface area (Å²) in [5, 5.41) is 6.80. The molecule has 0 aliphatic heterocycles. The number of hydrogen-bond donors (Lipinski definition) is 2. The number of nitrogens with zero attached hydrogens (tertiary/aromatic N) is 1. The van der Waals surface area contributed by atoms with Gasteiger partial charge in [-0.3, -0.25) is 4.99 Å². The van der Waals surface area contributed by atoms with E-state index in [1.165, 1.54) is 44.2 Å². The van der Waals surface area contributed by atoms with Crippen molar-refractivity contribution < 1.29 is 4.39 Å². The molecular weight excluding hydrogens is 253 g/mol. The van der Waals surface area contributed by atoms with E-state index in [0.29, 0.717) is 6.04 Å². The molecular formula is C16H24FN3. The first-order chi connectivity index (χ1) is 9.78. The van der Waals surface area contributed by atoms with Gasteiger partial charge < -0.3 is 10.6 Å². The average Bonchev–Trinajstić information content (AvgIpc) is 2.49. The maximum absolute atomic E-state index is 12.8. The average molecular weight is 277 g/mol. The third kappa shape index (κ3) is 4.83. The summed E-state index contributed by atoms with van der Waals surface area (Å²) in [5.74, 6) is 0.690. The molecule has 3 nitrogen and oxygen atoms in total. The predicted octanol–water partition coefficient (Wildman–Crippen LogP) is 2.87. The lowest BCUT2D eigenvalue weighted by molar-refractivity contribution is 0.410. The Morgan fingerprint density at radius 2 is 1.90 bits per heavy atom. The molecule has 0 amide bonds. The van der Waals surface area contributed by atoms with Gasteiger partial charge in [-0.2, -0.15) is 0 Å². The molecule has 20 heavy (non-hydrogen) atoms. The van der Waals surface area contributed by atoms with E-state index in [1.54, 1.807) is 7.05 Å². The van der Waals surface area contributed by atoms with Crippen LogP contribution in [0.3, 0.4) is 0 Å². The van der Waals surface area contributed by atoms with Crippen molar-refractivity contribution in [3.8, 4) is 0 Å². The molecule has 0 aromatic heterocycles. The molecule has 2 N–H and O–H groups in total. The Hall–Kier alpha value is -1.58. The molecule has 0 unspecified atom stereocenters. The quantitative estimate of drug-likeness (QED) is 0.656. The van der Waals surface area contributed by atoms with E-state index in [-0.39, 0.29) is 5.82 Å². The van der Waals surface area contributed by atoms with E-state index in [1.807, 2.05) is 12.1 Å². The molecule has 1 aliphatic carbocycles. The molecule has 0 bridgehead atoms. The minimum absolute atomic E-state index is 0.184. The molecule has 0 heterocycles. The fourth-order valence-electron chi connectivity index (χ4n) is 2.61. The van der Waals surface area contributed by atoms with Crippen LogP contribution < -0.4 is 10.6 Å². The zero-order valence-electron chi connectivity index (χ0n) is 12.2. The van der Waals surface area contributed by atoms with E-state index in [4.69, 9.17) is 0 Å². The van der Waals surface area contributed by atoms with Crippen LogP contribution in [-0.2, 0) is 6.42 Å². The van der Waals surface area contributed by atoms with Crippen molar-refractivity contribution in [1.29, 1.82) is 0 Å². The van der Waals surface area contributed by atoms with Gasteiger partial charge in [0, 0.05) is 19.6 Å². The number of halogens is 1. The molecule has 0 spiro atoms. The Balaban J connectivity index is 1.72. The Bertz CT molecular complexity index is 422. The number of guanidine groups is 1. The Kier molecular flexibility index (Phi) is 5.84. The second-order valence-electron chi connectivity index (χ2n) is 5.35. The smallest absolute Gasteiger partial charge is 0.191 e. The van der Waals surface area contributed by atoms with Crippen LogP contribution in [-0.4, -0.2) is 25.6 Å². The lowest BCUT2D eigenvalue weighted by Crippen LogP contribution is -2.44. The van der Waals surface area contributed by atoms with Gasteiger partial charge >= 0.3 is 0 Å². The molecule has 2 rings (SSSR count). The first-order valence-corrected chi connectivity index (χ1v) is 7.49. The van der Waals surface area contributed by atoms with Crippen LogP contribution in [0.4, 0.5) is 4.39 Å². The zero-order chi connectivity index (χ0) is 14.2. The normalized spacial score (nSPS) is 17.0. The minimum atomic E-state index is -0.184. The minimum Gasteiger partial charge on any atom is -0.356 e. The van der Waals surface area contributed by atoms with Crippen molar-refractivity contribution in [3.05, 3.63) is 35.6 Å². The second-order valence-corrected chi connectivity index (χ2v) is 5.35. The van der Waals surface area contributed by atoms with E-state index >= 15 is 0 Å². The fraction of sp³-hybridized carbons (Fsp3) is 0.562. The van der Waals surface area contributed by atoms with Crippen molar-refractivity contribution in [1.82, 2.24) is 10.6 Å². The van der Waals surface area contributed by atoms with Gasteiger partial charge in [-0.25, -0.2) is 4.39 Å². The SMILES string of the molecule is CN=C(NCCc1ccc(F)cc1)NC1CCCCC1. The van der Waals surface area contributed by atoms with Crippen LogP contribution in [0.5, 0.6) is 0 Å². The molecule has 0 radical (unpaired) electrons. The lowest BCUT2D eigenvalue weighted by atomic mass is 9.96. The van der Waals surface area contributed by atoms with Gasteiger partial charge in [-0.1, -0.05) is 31.4 Å². The molecule has 1 aromatic rings. The number of nitrogens with one attached hydrogen (secondary N) is 2. The van der Waals surface area contributed by atoms with Crippen molar-refractivity contribution >= 4 is 5.96 Å². The van der Waals surface area contributed by atoms with Gasteiger partial charge in [0.15, 0.2) is 5.96 Å².